The lowest BCUT2D eigenvalue weighted by molar-refractivity contribution is 0.125. The Kier molecular flexibility index (Phi) is 5.21. The third-order valence-corrected chi connectivity index (χ3v) is 5.18. The first-order chi connectivity index (χ1) is 11.2. The second kappa shape index (κ2) is 7.35. The van der Waals surface area contributed by atoms with Crippen LogP contribution in [0.5, 0.6) is 0 Å². The molecular formula is C19H28N2O2. The third kappa shape index (κ3) is 4.71. The summed E-state index contributed by atoms with van der Waals surface area (Å²) in [5.41, 5.74) is 1.61. The Morgan fingerprint density at radius 1 is 1.22 bits per heavy atom. The fourth-order valence-corrected chi connectivity index (χ4v) is 3.42. The van der Waals surface area contributed by atoms with E-state index in [1.807, 2.05) is 30.3 Å². The molecule has 2 saturated carbocycles. The minimum absolute atomic E-state index is 0.261. The first-order valence-electron chi connectivity index (χ1n) is 8.90. The Balaban J connectivity index is 1.27. The minimum atomic E-state index is -0.304. The maximum absolute atomic E-state index is 11.8. The van der Waals surface area contributed by atoms with Crippen LogP contribution < -0.4 is 10.6 Å². The largest absolute Gasteiger partial charge is 0.445 e. The number of benzene rings is 1. The SMILES string of the molecule is CCCC1(CNC2CC(NC(=O)OCc3ccccc3)C2)CC1. The van der Waals surface area contributed by atoms with E-state index < -0.39 is 0 Å². The minimum Gasteiger partial charge on any atom is -0.445 e. The molecule has 2 aliphatic rings. The molecule has 1 amide bonds. The molecule has 0 aromatic heterocycles. The molecule has 4 nitrogen and oxygen atoms in total. The molecule has 3 rings (SSSR count). The Bertz CT molecular complexity index is 507. The summed E-state index contributed by atoms with van der Waals surface area (Å²) < 4.78 is 5.26. The molecule has 23 heavy (non-hydrogen) atoms. The fraction of sp³-hybridized carbons (Fsp3) is 0.632. The number of nitrogens with one attached hydrogen (secondary N) is 2. The van der Waals surface area contributed by atoms with E-state index in [1.165, 1.54) is 25.7 Å². The number of hydrogen-bond acceptors (Lipinski definition) is 3. The van der Waals surface area contributed by atoms with Crippen molar-refractivity contribution in [2.24, 2.45) is 5.41 Å². The van der Waals surface area contributed by atoms with Gasteiger partial charge in [-0.25, -0.2) is 4.79 Å². The van der Waals surface area contributed by atoms with Crippen molar-refractivity contribution in [2.45, 2.75) is 64.1 Å². The van der Waals surface area contributed by atoms with E-state index in [2.05, 4.69) is 17.6 Å². The highest BCUT2D eigenvalue weighted by atomic mass is 16.5. The molecule has 4 heteroatoms. The molecule has 0 spiro atoms. The van der Waals surface area contributed by atoms with E-state index in [1.54, 1.807) is 0 Å². The molecule has 0 radical (unpaired) electrons. The van der Waals surface area contributed by atoms with Crippen LogP contribution in [0.3, 0.4) is 0 Å². The molecule has 126 valence electrons. The van der Waals surface area contributed by atoms with Crippen LogP contribution in [-0.4, -0.2) is 24.7 Å². The molecule has 0 saturated heterocycles. The fourth-order valence-electron chi connectivity index (χ4n) is 3.42. The van der Waals surface area contributed by atoms with Crippen LogP contribution in [0, 0.1) is 5.41 Å². The van der Waals surface area contributed by atoms with Crippen molar-refractivity contribution >= 4 is 6.09 Å². The van der Waals surface area contributed by atoms with E-state index in [0.29, 0.717) is 18.1 Å². The summed E-state index contributed by atoms with van der Waals surface area (Å²) in [7, 11) is 0. The predicted octanol–water partition coefficient (Wildman–Crippen LogP) is 3.61. The highest BCUT2D eigenvalue weighted by Gasteiger charge is 2.42. The first-order valence-corrected chi connectivity index (χ1v) is 8.90. The van der Waals surface area contributed by atoms with E-state index in [-0.39, 0.29) is 12.1 Å². The lowest BCUT2D eigenvalue weighted by Crippen LogP contribution is -2.53. The van der Waals surface area contributed by atoms with Crippen molar-refractivity contribution < 1.29 is 9.53 Å². The number of amides is 1. The van der Waals surface area contributed by atoms with Gasteiger partial charge in [0.15, 0.2) is 0 Å². The number of carbonyl (C=O) groups is 1. The van der Waals surface area contributed by atoms with Gasteiger partial charge in [-0.3, -0.25) is 0 Å². The van der Waals surface area contributed by atoms with Gasteiger partial charge >= 0.3 is 6.09 Å². The summed E-state index contributed by atoms with van der Waals surface area (Å²) in [6.45, 7) is 3.75. The molecule has 1 aromatic carbocycles. The Labute approximate surface area is 139 Å². The van der Waals surface area contributed by atoms with E-state index in [4.69, 9.17) is 4.74 Å². The highest BCUT2D eigenvalue weighted by Crippen LogP contribution is 2.49. The van der Waals surface area contributed by atoms with Gasteiger partial charge in [0, 0.05) is 18.6 Å². The zero-order valence-electron chi connectivity index (χ0n) is 14.0. The zero-order valence-corrected chi connectivity index (χ0v) is 14.0. The van der Waals surface area contributed by atoms with Crippen LogP contribution in [0.2, 0.25) is 0 Å². The monoisotopic (exact) mass is 316 g/mol. The first kappa shape index (κ1) is 16.3. The van der Waals surface area contributed by atoms with Crippen molar-refractivity contribution in [3.8, 4) is 0 Å². The van der Waals surface area contributed by atoms with Gasteiger partial charge in [-0.05, 0) is 43.1 Å². The van der Waals surface area contributed by atoms with Crippen LogP contribution in [0.1, 0.15) is 51.0 Å². The predicted molar refractivity (Wildman–Crippen MR) is 91.2 cm³/mol. The van der Waals surface area contributed by atoms with Gasteiger partial charge in [0.2, 0.25) is 0 Å². The molecule has 0 bridgehead atoms. The smallest absolute Gasteiger partial charge is 0.407 e. The van der Waals surface area contributed by atoms with E-state index in [9.17, 15) is 4.79 Å². The third-order valence-electron chi connectivity index (χ3n) is 5.18. The van der Waals surface area contributed by atoms with Gasteiger partial charge in [0.05, 0.1) is 0 Å². The Hall–Kier alpha value is -1.55. The van der Waals surface area contributed by atoms with Crippen molar-refractivity contribution in [2.75, 3.05) is 6.54 Å². The van der Waals surface area contributed by atoms with Crippen LogP contribution in [-0.2, 0) is 11.3 Å². The Morgan fingerprint density at radius 2 is 1.96 bits per heavy atom. The number of hydrogen-bond donors (Lipinski definition) is 2. The van der Waals surface area contributed by atoms with Gasteiger partial charge in [0.1, 0.15) is 6.61 Å². The van der Waals surface area contributed by atoms with Crippen LogP contribution in [0.4, 0.5) is 4.79 Å². The van der Waals surface area contributed by atoms with Gasteiger partial charge in [0.25, 0.3) is 0 Å². The van der Waals surface area contributed by atoms with Crippen molar-refractivity contribution in [3.63, 3.8) is 0 Å². The average Bonchev–Trinajstić information content (AvgIpc) is 3.29. The Morgan fingerprint density at radius 3 is 2.61 bits per heavy atom. The highest BCUT2D eigenvalue weighted by molar-refractivity contribution is 5.67. The lowest BCUT2D eigenvalue weighted by atomic mass is 9.86. The maximum Gasteiger partial charge on any atom is 0.407 e. The molecule has 2 aliphatic carbocycles. The topological polar surface area (TPSA) is 50.4 Å². The van der Waals surface area contributed by atoms with Crippen LogP contribution >= 0.6 is 0 Å². The van der Waals surface area contributed by atoms with E-state index >= 15 is 0 Å². The summed E-state index contributed by atoms with van der Waals surface area (Å²) in [5, 5.41) is 6.63. The molecular weight excluding hydrogens is 288 g/mol. The standard InChI is InChI=1S/C19H28N2O2/c1-2-8-19(9-10-19)14-20-16-11-17(12-16)21-18(22)23-13-15-6-4-3-5-7-15/h3-7,16-17,20H,2,8-14H2,1H3,(H,21,22). The average molecular weight is 316 g/mol. The van der Waals surface area contributed by atoms with Crippen molar-refractivity contribution in [1.82, 2.24) is 10.6 Å². The zero-order chi connectivity index (χ0) is 16.1. The van der Waals surface area contributed by atoms with Gasteiger partial charge < -0.3 is 15.4 Å². The molecule has 0 unspecified atom stereocenters. The lowest BCUT2D eigenvalue weighted by Gasteiger charge is -2.37. The van der Waals surface area contributed by atoms with Gasteiger partial charge in [-0.2, -0.15) is 0 Å². The molecule has 0 aliphatic heterocycles. The summed E-state index contributed by atoms with van der Waals surface area (Å²) in [4.78, 5) is 11.8. The van der Waals surface area contributed by atoms with Crippen LogP contribution in [0.15, 0.2) is 30.3 Å². The molecule has 2 fully saturated rings. The molecule has 2 N–H and O–H groups in total. The summed E-state index contributed by atoms with van der Waals surface area (Å²) in [6, 6.07) is 10.6. The van der Waals surface area contributed by atoms with Gasteiger partial charge in [-0.1, -0.05) is 43.7 Å². The molecule has 1 aromatic rings. The summed E-state index contributed by atoms with van der Waals surface area (Å²) in [6.07, 6.45) is 7.12. The van der Waals surface area contributed by atoms with E-state index in [0.717, 1.165) is 24.9 Å². The number of alkyl carbamates (subject to hydrolysis) is 1. The van der Waals surface area contributed by atoms with Crippen molar-refractivity contribution in [1.29, 1.82) is 0 Å². The van der Waals surface area contributed by atoms with Crippen LogP contribution in [0.25, 0.3) is 0 Å². The number of rotatable bonds is 8. The summed E-state index contributed by atoms with van der Waals surface area (Å²) in [5.74, 6) is 0. The maximum atomic E-state index is 11.8. The number of carbonyl (C=O) groups excluding carboxylic acids is 1. The quantitative estimate of drug-likeness (QED) is 0.770. The van der Waals surface area contributed by atoms with Gasteiger partial charge in [-0.15, -0.1) is 0 Å². The second-order valence-corrected chi connectivity index (χ2v) is 7.20. The molecule has 0 atom stereocenters. The normalized spacial score (nSPS) is 24.6. The number of ether oxygens (including phenoxy) is 1. The van der Waals surface area contributed by atoms with Crippen molar-refractivity contribution in [3.05, 3.63) is 35.9 Å². The second-order valence-electron chi connectivity index (χ2n) is 7.20. The summed E-state index contributed by atoms with van der Waals surface area (Å²) >= 11 is 0. The molecule has 0 heterocycles.